The van der Waals surface area contributed by atoms with E-state index in [-0.39, 0.29) is 12.4 Å². The summed E-state index contributed by atoms with van der Waals surface area (Å²) in [5, 5.41) is 0. The molecule has 0 aromatic heterocycles. The van der Waals surface area contributed by atoms with Crippen LogP contribution >= 0.6 is 12.4 Å². The van der Waals surface area contributed by atoms with Crippen LogP contribution in [0.3, 0.4) is 0 Å². The van der Waals surface area contributed by atoms with Crippen LogP contribution in [-0.2, 0) is 11.3 Å². The zero-order chi connectivity index (χ0) is 16.8. The lowest BCUT2D eigenvalue weighted by atomic mass is 9.98. The Morgan fingerprint density at radius 1 is 1.08 bits per heavy atom. The second-order valence-electron chi connectivity index (χ2n) is 5.78. The summed E-state index contributed by atoms with van der Waals surface area (Å²) >= 11 is 0. The zero-order valence-corrected chi connectivity index (χ0v) is 15.7. The summed E-state index contributed by atoms with van der Waals surface area (Å²) in [5.41, 5.74) is 7.07. The highest BCUT2D eigenvalue weighted by atomic mass is 35.5. The van der Waals surface area contributed by atoms with E-state index in [9.17, 15) is 0 Å². The monoisotopic (exact) mass is 360 g/mol. The number of nitrogens with zero attached hydrogens (tertiary/aromatic N) is 1. The smallest absolute Gasteiger partial charge is 0.203 e. The molecule has 1 aromatic rings. The fraction of sp³-hybridized carbons (Fsp3) is 0.647. The molecule has 2 N–H and O–H groups in total. The molecule has 2 unspecified atom stereocenters. The molecule has 1 aromatic carbocycles. The van der Waals surface area contributed by atoms with Crippen LogP contribution in [0, 0.1) is 0 Å². The largest absolute Gasteiger partial charge is 0.493 e. The van der Waals surface area contributed by atoms with Crippen molar-refractivity contribution in [1.82, 2.24) is 4.90 Å². The average Bonchev–Trinajstić information content (AvgIpc) is 2.60. The van der Waals surface area contributed by atoms with Crippen LogP contribution in [0.4, 0.5) is 0 Å². The summed E-state index contributed by atoms with van der Waals surface area (Å²) in [6, 6.07) is 4.32. The normalized spacial score (nSPS) is 21.0. The molecule has 1 fully saturated rings. The van der Waals surface area contributed by atoms with Crippen molar-refractivity contribution in [3.63, 3.8) is 0 Å². The number of nitrogens with two attached hydrogens (primary N) is 1. The molecule has 0 bridgehead atoms. The van der Waals surface area contributed by atoms with Crippen LogP contribution in [0.25, 0.3) is 0 Å². The van der Waals surface area contributed by atoms with E-state index in [1.54, 1.807) is 28.4 Å². The third kappa shape index (κ3) is 4.66. The zero-order valence-electron chi connectivity index (χ0n) is 14.9. The highest BCUT2D eigenvalue weighted by Crippen LogP contribution is 2.38. The predicted molar refractivity (Wildman–Crippen MR) is 96.6 cm³/mol. The second-order valence-corrected chi connectivity index (χ2v) is 5.78. The number of hydrogen-bond acceptors (Lipinski definition) is 6. The molecule has 1 aliphatic heterocycles. The standard InChI is InChI=1S/C17H28N2O4.ClH/c1-20-14-5-6-19(13(9-14)10-18)11-12-7-15(21-2)17(23-4)16(8-12)22-3;/h7-8,13-14H,5-6,9-11,18H2,1-4H3;1H. The molecule has 24 heavy (non-hydrogen) atoms. The number of methoxy groups -OCH3 is 4. The van der Waals surface area contributed by atoms with Gasteiger partial charge in [0.25, 0.3) is 0 Å². The minimum Gasteiger partial charge on any atom is -0.493 e. The Balaban J connectivity index is 0.00000288. The molecule has 0 amide bonds. The van der Waals surface area contributed by atoms with E-state index in [0.29, 0.717) is 35.9 Å². The molecule has 0 radical (unpaired) electrons. The predicted octanol–water partition coefficient (Wildman–Crippen LogP) is 2.07. The van der Waals surface area contributed by atoms with E-state index in [4.69, 9.17) is 24.7 Å². The first kappa shape index (κ1) is 20.8. The lowest BCUT2D eigenvalue weighted by Crippen LogP contribution is -2.47. The summed E-state index contributed by atoms with van der Waals surface area (Å²) in [6.07, 6.45) is 2.30. The number of ether oxygens (including phenoxy) is 4. The fourth-order valence-electron chi connectivity index (χ4n) is 3.19. The Bertz CT molecular complexity index is 490. The van der Waals surface area contributed by atoms with Gasteiger partial charge in [0, 0.05) is 32.8 Å². The molecule has 7 heteroatoms. The van der Waals surface area contributed by atoms with Gasteiger partial charge in [-0.2, -0.15) is 0 Å². The van der Waals surface area contributed by atoms with Crippen LogP contribution in [-0.4, -0.2) is 58.6 Å². The number of hydrogen-bond donors (Lipinski definition) is 1. The Morgan fingerprint density at radius 3 is 2.17 bits per heavy atom. The van der Waals surface area contributed by atoms with E-state index in [0.717, 1.165) is 31.5 Å². The molecular weight excluding hydrogens is 332 g/mol. The summed E-state index contributed by atoms with van der Waals surface area (Å²) in [4.78, 5) is 2.40. The van der Waals surface area contributed by atoms with Crippen molar-refractivity contribution in [2.24, 2.45) is 5.73 Å². The summed E-state index contributed by atoms with van der Waals surface area (Å²) in [6.45, 7) is 2.40. The van der Waals surface area contributed by atoms with Crippen molar-refractivity contribution in [1.29, 1.82) is 0 Å². The van der Waals surface area contributed by atoms with Gasteiger partial charge < -0.3 is 24.7 Å². The van der Waals surface area contributed by atoms with Gasteiger partial charge in [0.15, 0.2) is 11.5 Å². The number of likely N-dealkylation sites (tertiary alicyclic amines) is 1. The Kier molecular flexibility index (Phi) is 8.62. The molecule has 1 heterocycles. The van der Waals surface area contributed by atoms with Gasteiger partial charge in [-0.05, 0) is 30.5 Å². The van der Waals surface area contributed by atoms with Crippen LogP contribution in [0.2, 0.25) is 0 Å². The molecule has 0 saturated carbocycles. The van der Waals surface area contributed by atoms with Crippen LogP contribution in [0.5, 0.6) is 17.2 Å². The molecule has 1 aliphatic rings. The van der Waals surface area contributed by atoms with E-state index in [2.05, 4.69) is 4.90 Å². The molecule has 138 valence electrons. The lowest BCUT2D eigenvalue weighted by Gasteiger charge is -2.38. The topological polar surface area (TPSA) is 66.2 Å². The van der Waals surface area contributed by atoms with E-state index in [1.807, 2.05) is 12.1 Å². The van der Waals surface area contributed by atoms with Crippen molar-refractivity contribution in [2.75, 3.05) is 41.5 Å². The Morgan fingerprint density at radius 2 is 1.71 bits per heavy atom. The number of benzene rings is 1. The molecular formula is C17H29ClN2O4. The molecule has 0 aliphatic carbocycles. The highest BCUT2D eigenvalue weighted by molar-refractivity contribution is 5.85. The van der Waals surface area contributed by atoms with Gasteiger partial charge >= 0.3 is 0 Å². The van der Waals surface area contributed by atoms with E-state index >= 15 is 0 Å². The van der Waals surface area contributed by atoms with Crippen molar-refractivity contribution < 1.29 is 18.9 Å². The molecule has 1 saturated heterocycles. The van der Waals surface area contributed by atoms with Crippen molar-refractivity contribution in [2.45, 2.75) is 31.5 Å². The van der Waals surface area contributed by atoms with Crippen molar-refractivity contribution in [3.8, 4) is 17.2 Å². The quantitative estimate of drug-likeness (QED) is 0.803. The Labute approximate surface area is 150 Å². The fourth-order valence-corrected chi connectivity index (χ4v) is 3.19. The number of halogens is 1. The van der Waals surface area contributed by atoms with Crippen LogP contribution in [0.15, 0.2) is 12.1 Å². The van der Waals surface area contributed by atoms with Crippen LogP contribution in [0.1, 0.15) is 18.4 Å². The van der Waals surface area contributed by atoms with Gasteiger partial charge in [0.05, 0.1) is 27.4 Å². The van der Waals surface area contributed by atoms with Gasteiger partial charge in [0.2, 0.25) is 5.75 Å². The van der Waals surface area contributed by atoms with Gasteiger partial charge in [-0.15, -0.1) is 12.4 Å². The minimum atomic E-state index is 0. The molecule has 2 rings (SSSR count). The second kappa shape index (κ2) is 9.93. The number of rotatable bonds is 7. The summed E-state index contributed by atoms with van der Waals surface area (Å²) in [5.74, 6) is 1.98. The average molecular weight is 361 g/mol. The minimum absolute atomic E-state index is 0. The maximum atomic E-state index is 5.96. The molecule has 6 nitrogen and oxygen atoms in total. The lowest BCUT2D eigenvalue weighted by molar-refractivity contribution is 0.0102. The van der Waals surface area contributed by atoms with Crippen LogP contribution < -0.4 is 19.9 Å². The SMILES string of the molecule is COc1cc(CN2CCC(OC)CC2CN)cc(OC)c1OC.Cl. The van der Waals surface area contributed by atoms with E-state index < -0.39 is 0 Å². The Hall–Kier alpha value is -1.21. The van der Waals surface area contributed by atoms with Gasteiger partial charge in [0.1, 0.15) is 0 Å². The number of piperidine rings is 1. The summed E-state index contributed by atoms with van der Waals surface area (Å²) in [7, 11) is 6.65. The third-order valence-electron chi connectivity index (χ3n) is 4.51. The maximum Gasteiger partial charge on any atom is 0.203 e. The van der Waals surface area contributed by atoms with Crippen molar-refractivity contribution in [3.05, 3.63) is 17.7 Å². The molecule has 2 atom stereocenters. The first-order chi connectivity index (χ1) is 11.2. The maximum absolute atomic E-state index is 5.96. The first-order valence-electron chi connectivity index (χ1n) is 7.92. The van der Waals surface area contributed by atoms with Gasteiger partial charge in [-0.3, -0.25) is 4.90 Å². The van der Waals surface area contributed by atoms with Crippen molar-refractivity contribution >= 4 is 12.4 Å². The summed E-state index contributed by atoms with van der Waals surface area (Å²) < 4.78 is 21.7. The van der Waals surface area contributed by atoms with Gasteiger partial charge in [-0.1, -0.05) is 0 Å². The van der Waals surface area contributed by atoms with Gasteiger partial charge in [-0.25, -0.2) is 0 Å². The highest BCUT2D eigenvalue weighted by Gasteiger charge is 2.28. The third-order valence-corrected chi connectivity index (χ3v) is 4.51. The molecule has 0 spiro atoms. The van der Waals surface area contributed by atoms with E-state index in [1.165, 1.54) is 0 Å². The first-order valence-corrected chi connectivity index (χ1v) is 7.92.